The van der Waals surface area contributed by atoms with Crippen molar-refractivity contribution in [1.29, 1.82) is 0 Å². The van der Waals surface area contributed by atoms with Crippen LogP contribution in [0.4, 0.5) is 0 Å². The predicted molar refractivity (Wildman–Crippen MR) is 46.9 cm³/mol. The monoisotopic (exact) mass is 170 g/mol. The van der Waals surface area contributed by atoms with E-state index in [0.717, 1.165) is 12.3 Å². The molecule has 1 saturated carbocycles. The normalized spacial score (nSPS) is 40.2. The van der Waals surface area contributed by atoms with E-state index in [1.165, 1.54) is 12.8 Å². The third kappa shape index (κ3) is 1.27. The van der Waals surface area contributed by atoms with Gasteiger partial charge in [-0.1, -0.05) is 26.7 Å². The minimum Gasteiger partial charge on any atom is -0.387 e. The Morgan fingerprint density at radius 2 is 2.00 bits per heavy atom. The Labute approximate surface area is 73.9 Å². The summed E-state index contributed by atoms with van der Waals surface area (Å²) in [6.07, 6.45) is 3.55. The Kier molecular flexibility index (Phi) is 1.74. The SMILES string of the molecule is CC1(C)COCC1(O)CC1CC1. The number of rotatable bonds is 2. The van der Waals surface area contributed by atoms with Gasteiger partial charge in [0.15, 0.2) is 0 Å². The summed E-state index contributed by atoms with van der Waals surface area (Å²) in [6.45, 7) is 5.44. The summed E-state index contributed by atoms with van der Waals surface area (Å²) in [4.78, 5) is 0. The van der Waals surface area contributed by atoms with Gasteiger partial charge in [0.2, 0.25) is 0 Å². The van der Waals surface area contributed by atoms with Gasteiger partial charge in [0.25, 0.3) is 0 Å². The second kappa shape index (κ2) is 2.46. The van der Waals surface area contributed by atoms with Crippen LogP contribution in [0.5, 0.6) is 0 Å². The molecule has 0 aromatic rings. The van der Waals surface area contributed by atoms with Crippen LogP contribution in [0, 0.1) is 11.3 Å². The van der Waals surface area contributed by atoms with Crippen molar-refractivity contribution in [2.45, 2.75) is 38.7 Å². The summed E-state index contributed by atoms with van der Waals surface area (Å²) >= 11 is 0. The molecule has 12 heavy (non-hydrogen) atoms. The third-order valence-corrected chi connectivity index (χ3v) is 3.39. The van der Waals surface area contributed by atoms with Crippen LogP contribution in [0.2, 0.25) is 0 Å². The molecule has 1 saturated heterocycles. The van der Waals surface area contributed by atoms with E-state index in [1.807, 2.05) is 0 Å². The first-order valence-corrected chi connectivity index (χ1v) is 4.84. The largest absolute Gasteiger partial charge is 0.387 e. The van der Waals surface area contributed by atoms with E-state index in [-0.39, 0.29) is 5.41 Å². The number of hydrogen-bond acceptors (Lipinski definition) is 2. The average molecular weight is 170 g/mol. The molecule has 0 spiro atoms. The molecule has 0 aromatic heterocycles. The van der Waals surface area contributed by atoms with Crippen molar-refractivity contribution >= 4 is 0 Å². The van der Waals surface area contributed by atoms with Crippen LogP contribution in [0.15, 0.2) is 0 Å². The molecule has 2 aliphatic rings. The summed E-state index contributed by atoms with van der Waals surface area (Å²) in [5.41, 5.74) is -0.593. The van der Waals surface area contributed by atoms with Gasteiger partial charge in [0.1, 0.15) is 0 Å². The highest BCUT2D eigenvalue weighted by molar-refractivity contribution is 5.00. The second-order valence-corrected chi connectivity index (χ2v) is 5.06. The molecule has 1 aliphatic carbocycles. The lowest BCUT2D eigenvalue weighted by Crippen LogP contribution is -2.43. The van der Waals surface area contributed by atoms with Gasteiger partial charge in [-0.15, -0.1) is 0 Å². The molecule has 0 radical (unpaired) electrons. The van der Waals surface area contributed by atoms with E-state index in [4.69, 9.17) is 4.74 Å². The minimum atomic E-state index is -0.547. The smallest absolute Gasteiger partial charge is 0.0955 e. The molecule has 2 fully saturated rings. The molecule has 1 unspecified atom stereocenters. The summed E-state index contributed by atoms with van der Waals surface area (Å²) < 4.78 is 5.35. The Morgan fingerprint density at radius 1 is 1.33 bits per heavy atom. The Morgan fingerprint density at radius 3 is 2.42 bits per heavy atom. The molecule has 2 nitrogen and oxygen atoms in total. The fraction of sp³-hybridized carbons (Fsp3) is 1.00. The van der Waals surface area contributed by atoms with Crippen molar-refractivity contribution in [1.82, 2.24) is 0 Å². The highest BCUT2D eigenvalue weighted by atomic mass is 16.5. The molecule has 1 N–H and O–H groups in total. The predicted octanol–water partition coefficient (Wildman–Crippen LogP) is 1.57. The van der Waals surface area contributed by atoms with Crippen molar-refractivity contribution in [3.63, 3.8) is 0 Å². The van der Waals surface area contributed by atoms with Crippen molar-refractivity contribution in [3.05, 3.63) is 0 Å². The van der Waals surface area contributed by atoms with E-state index in [0.29, 0.717) is 13.2 Å². The van der Waals surface area contributed by atoms with Crippen LogP contribution in [0.3, 0.4) is 0 Å². The number of hydrogen-bond donors (Lipinski definition) is 1. The van der Waals surface area contributed by atoms with Crippen molar-refractivity contribution < 1.29 is 9.84 Å². The Bertz CT molecular complexity index is 184. The molecule has 1 aliphatic heterocycles. The maximum Gasteiger partial charge on any atom is 0.0955 e. The van der Waals surface area contributed by atoms with Crippen LogP contribution >= 0.6 is 0 Å². The maximum absolute atomic E-state index is 10.3. The van der Waals surface area contributed by atoms with E-state index in [9.17, 15) is 5.11 Å². The van der Waals surface area contributed by atoms with Gasteiger partial charge < -0.3 is 9.84 Å². The minimum absolute atomic E-state index is 0.0460. The summed E-state index contributed by atoms with van der Waals surface area (Å²) in [6, 6.07) is 0. The van der Waals surface area contributed by atoms with Gasteiger partial charge in [-0.05, 0) is 12.3 Å². The van der Waals surface area contributed by atoms with E-state index in [2.05, 4.69) is 13.8 Å². The van der Waals surface area contributed by atoms with Crippen LogP contribution < -0.4 is 0 Å². The van der Waals surface area contributed by atoms with Gasteiger partial charge in [0, 0.05) is 5.41 Å². The lowest BCUT2D eigenvalue weighted by molar-refractivity contribution is -0.0439. The topological polar surface area (TPSA) is 29.5 Å². The standard InChI is InChI=1S/C10H18O2/c1-9(2)6-12-7-10(9,11)5-8-3-4-8/h8,11H,3-7H2,1-2H3. The van der Waals surface area contributed by atoms with Gasteiger partial charge in [-0.25, -0.2) is 0 Å². The average Bonchev–Trinajstić information content (AvgIpc) is 2.66. The van der Waals surface area contributed by atoms with Gasteiger partial charge >= 0.3 is 0 Å². The number of aliphatic hydroxyl groups is 1. The third-order valence-electron chi connectivity index (χ3n) is 3.39. The highest BCUT2D eigenvalue weighted by Gasteiger charge is 2.50. The van der Waals surface area contributed by atoms with Crippen molar-refractivity contribution in [2.24, 2.45) is 11.3 Å². The van der Waals surface area contributed by atoms with Crippen LogP contribution in [-0.2, 0) is 4.74 Å². The first-order chi connectivity index (χ1) is 5.54. The Balaban J connectivity index is 2.06. The van der Waals surface area contributed by atoms with Gasteiger partial charge in [-0.3, -0.25) is 0 Å². The fourth-order valence-corrected chi connectivity index (χ4v) is 1.94. The van der Waals surface area contributed by atoms with Crippen molar-refractivity contribution in [3.8, 4) is 0 Å². The van der Waals surface area contributed by atoms with Gasteiger partial charge in [0.05, 0.1) is 18.8 Å². The van der Waals surface area contributed by atoms with Gasteiger partial charge in [-0.2, -0.15) is 0 Å². The van der Waals surface area contributed by atoms with Crippen molar-refractivity contribution in [2.75, 3.05) is 13.2 Å². The fourth-order valence-electron chi connectivity index (χ4n) is 1.94. The maximum atomic E-state index is 10.3. The zero-order valence-corrected chi connectivity index (χ0v) is 7.97. The van der Waals surface area contributed by atoms with E-state index in [1.54, 1.807) is 0 Å². The quantitative estimate of drug-likeness (QED) is 0.681. The zero-order chi connectivity index (χ0) is 8.82. The van der Waals surface area contributed by atoms with Crippen LogP contribution in [0.1, 0.15) is 33.1 Å². The lowest BCUT2D eigenvalue weighted by atomic mass is 9.75. The molecule has 2 rings (SSSR count). The molecular weight excluding hydrogens is 152 g/mol. The zero-order valence-electron chi connectivity index (χ0n) is 7.97. The van der Waals surface area contributed by atoms with Crippen LogP contribution in [-0.4, -0.2) is 23.9 Å². The lowest BCUT2D eigenvalue weighted by Gasteiger charge is -2.34. The number of ether oxygens (including phenoxy) is 1. The molecule has 70 valence electrons. The molecule has 0 amide bonds. The first-order valence-electron chi connectivity index (χ1n) is 4.84. The first kappa shape index (κ1) is 8.52. The Hall–Kier alpha value is -0.0800. The molecule has 1 heterocycles. The highest BCUT2D eigenvalue weighted by Crippen LogP contribution is 2.46. The summed E-state index contributed by atoms with van der Waals surface area (Å²) in [5, 5.41) is 10.3. The second-order valence-electron chi connectivity index (χ2n) is 5.06. The summed E-state index contributed by atoms with van der Waals surface area (Å²) in [5.74, 6) is 0.774. The molecule has 0 bridgehead atoms. The molecule has 2 heteroatoms. The van der Waals surface area contributed by atoms with E-state index < -0.39 is 5.60 Å². The summed E-state index contributed by atoms with van der Waals surface area (Å²) in [7, 11) is 0. The van der Waals surface area contributed by atoms with Crippen LogP contribution in [0.25, 0.3) is 0 Å². The molecule has 0 aromatic carbocycles. The van der Waals surface area contributed by atoms with E-state index >= 15 is 0 Å². The molecule has 1 atom stereocenters. The molecular formula is C10H18O2.